The van der Waals surface area contributed by atoms with Crippen molar-refractivity contribution in [3.05, 3.63) is 63.6 Å². The lowest BCUT2D eigenvalue weighted by atomic mass is 10.1. The molecule has 0 saturated heterocycles. The largest absolute Gasteiger partial charge is 0.357 e. The summed E-state index contributed by atoms with van der Waals surface area (Å²) in [7, 11) is -2.48. The minimum atomic E-state index is -3.95. The Morgan fingerprint density at radius 2 is 1.73 bits per heavy atom. The zero-order valence-electron chi connectivity index (χ0n) is 18.0. The number of hydrogen-bond acceptors (Lipinski definition) is 5. The molecule has 1 heterocycles. The number of nitrogens with zero attached hydrogens (tertiary/aromatic N) is 2. The van der Waals surface area contributed by atoms with Gasteiger partial charge in [0, 0.05) is 42.2 Å². The van der Waals surface area contributed by atoms with Crippen LogP contribution >= 0.6 is 23.2 Å². The zero-order chi connectivity index (χ0) is 24.3. The first-order valence-corrected chi connectivity index (χ1v) is 12.4. The molecule has 0 aliphatic carbocycles. The van der Waals surface area contributed by atoms with Gasteiger partial charge in [0.1, 0.15) is 10.9 Å². The molecule has 1 aliphatic heterocycles. The highest BCUT2D eigenvalue weighted by atomic mass is 35.5. The number of fused-ring (bicyclic) bond motifs is 1. The topological polar surface area (TPSA) is 104 Å². The molecule has 0 radical (unpaired) electrons. The van der Waals surface area contributed by atoms with Crippen molar-refractivity contribution in [3.8, 4) is 0 Å². The Morgan fingerprint density at radius 1 is 1.09 bits per heavy atom. The number of amides is 3. The predicted octanol–water partition coefficient (Wildman–Crippen LogP) is 3.08. The monoisotopic (exact) mass is 511 g/mol. The molecule has 8 nitrogen and oxygen atoms in total. The molecular formula is C22H23Cl2N3O5S. The summed E-state index contributed by atoms with van der Waals surface area (Å²) in [6.45, 7) is 1.42. The van der Waals surface area contributed by atoms with Crippen LogP contribution in [0.3, 0.4) is 0 Å². The Morgan fingerprint density at radius 3 is 2.33 bits per heavy atom. The number of benzene rings is 2. The molecule has 1 N–H and O–H groups in total. The van der Waals surface area contributed by atoms with Gasteiger partial charge in [-0.25, -0.2) is 12.7 Å². The van der Waals surface area contributed by atoms with Gasteiger partial charge in [0.05, 0.1) is 5.56 Å². The second kappa shape index (κ2) is 10.1. The van der Waals surface area contributed by atoms with Gasteiger partial charge in [-0.05, 0) is 37.6 Å². The molecule has 0 bridgehead atoms. The van der Waals surface area contributed by atoms with Crippen LogP contribution in [0.15, 0.2) is 47.4 Å². The van der Waals surface area contributed by atoms with Crippen molar-refractivity contribution in [2.45, 2.75) is 37.2 Å². The summed E-state index contributed by atoms with van der Waals surface area (Å²) in [6, 6.07) is 10.1. The van der Waals surface area contributed by atoms with E-state index in [-0.39, 0.29) is 42.3 Å². The van der Waals surface area contributed by atoms with Crippen molar-refractivity contribution in [2.24, 2.45) is 0 Å². The first-order chi connectivity index (χ1) is 15.6. The van der Waals surface area contributed by atoms with E-state index in [0.717, 1.165) is 4.31 Å². The molecule has 11 heteroatoms. The molecule has 0 fully saturated rings. The Bertz CT molecular complexity index is 1180. The van der Waals surface area contributed by atoms with E-state index in [9.17, 15) is 22.8 Å². The third-order valence-corrected chi connectivity index (χ3v) is 8.02. The fourth-order valence-electron chi connectivity index (χ4n) is 3.61. The van der Waals surface area contributed by atoms with Crippen LogP contribution in [0, 0.1) is 0 Å². The van der Waals surface area contributed by atoms with Crippen LogP contribution in [0.1, 0.15) is 35.7 Å². The smallest absolute Gasteiger partial charge is 0.269 e. The third kappa shape index (κ3) is 5.00. The third-order valence-electron chi connectivity index (χ3n) is 5.47. The first kappa shape index (κ1) is 25.0. The lowest BCUT2D eigenvalue weighted by molar-refractivity contribution is -0.140. The highest BCUT2D eigenvalue weighted by Gasteiger charge is 2.40. The van der Waals surface area contributed by atoms with Gasteiger partial charge in [-0.1, -0.05) is 41.4 Å². The van der Waals surface area contributed by atoms with Gasteiger partial charge in [-0.15, -0.1) is 0 Å². The summed E-state index contributed by atoms with van der Waals surface area (Å²) in [5.41, 5.74) is 0.615. The average molecular weight is 512 g/mol. The van der Waals surface area contributed by atoms with Crippen LogP contribution in [0.4, 0.5) is 0 Å². The molecule has 1 atom stereocenters. The van der Waals surface area contributed by atoms with Crippen molar-refractivity contribution in [1.29, 1.82) is 0 Å². The fraction of sp³-hybridized carbons (Fsp3) is 0.318. The Kier molecular flexibility index (Phi) is 7.66. The fourth-order valence-corrected chi connectivity index (χ4v) is 5.74. The lowest BCUT2D eigenvalue weighted by Gasteiger charge is -2.29. The zero-order valence-corrected chi connectivity index (χ0v) is 20.4. The van der Waals surface area contributed by atoms with E-state index >= 15 is 0 Å². The molecule has 2 aromatic rings. The summed E-state index contributed by atoms with van der Waals surface area (Å²) in [4.78, 5) is 39.2. The van der Waals surface area contributed by atoms with Crippen LogP contribution in [-0.4, -0.2) is 55.0 Å². The van der Waals surface area contributed by atoms with Crippen LogP contribution in [0.5, 0.6) is 0 Å². The predicted molar refractivity (Wildman–Crippen MR) is 124 cm³/mol. The van der Waals surface area contributed by atoms with Gasteiger partial charge in [0.25, 0.3) is 15.9 Å². The summed E-state index contributed by atoms with van der Waals surface area (Å²) in [5, 5.41) is 3.23. The van der Waals surface area contributed by atoms with Gasteiger partial charge in [-0.3, -0.25) is 14.4 Å². The van der Waals surface area contributed by atoms with E-state index < -0.39 is 27.9 Å². The first-order valence-electron chi connectivity index (χ1n) is 10.2. The van der Waals surface area contributed by atoms with E-state index in [1.165, 1.54) is 24.1 Å². The van der Waals surface area contributed by atoms with E-state index in [2.05, 4.69) is 5.32 Å². The van der Waals surface area contributed by atoms with Gasteiger partial charge >= 0.3 is 0 Å². The number of carbonyl (C=O) groups excluding carboxylic acids is 3. The second-order valence-electron chi connectivity index (χ2n) is 7.49. The summed E-state index contributed by atoms with van der Waals surface area (Å²) in [5.74, 6) is -1.39. The SMILES string of the molecule is CNC(=O)[C@H](C)N(Cc1c(Cl)cccc1Cl)C(=O)CCCN1C(=O)c2ccccc2S1(=O)=O. The lowest BCUT2D eigenvalue weighted by Crippen LogP contribution is -2.47. The highest BCUT2D eigenvalue weighted by Crippen LogP contribution is 2.30. The van der Waals surface area contributed by atoms with Gasteiger partial charge in [0.2, 0.25) is 11.8 Å². The van der Waals surface area contributed by atoms with Crippen molar-refractivity contribution >= 4 is 50.9 Å². The van der Waals surface area contributed by atoms with E-state index in [4.69, 9.17) is 23.2 Å². The highest BCUT2D eigenvalue weighted by molar-refractivity contribution is 7.90. The summed E-state index contributed by atoms with van der Waals surface area (Å²) < 4.78 is 26.1. The Hall–Kier alpha value is -2.62. The molecule has 0 aromatic heterocycles. The van der Waals surface area contributed by atoms with Crippen LogP contribution in [-0.2, 0) is 26.2 Å². The molecule has 3 amide bonds. The second-order valence-corrected chi connectivity index (χ2v) is 10.1. The maximum atomic E-state index is 13.1. The van der Waals surface area contributed by atoms with E-state index in [1.54, 1.807) is 37.3 Å². The number of likely N-dealkylation sites (N-methyl/N-ethyl adjacent to an activating group) is 1. The number of carbonyl (C=O) groups is 3. The van der Waals surface area contributed by atoms with E-state index in [0.29, 0.717) is 15.6 Å². The molecule has 0 spiro atoms. The van der Waals surface area contributed by atoms with Crippen molar-refractivity contribution in [3.63, 3.8) is 0 Å². The molecule has 176 valence electrons. The molecule has 0 unspecified atom stereocenters. The number of hydrogen-bond donors (Lipinski definition) is 1. The van der Waals surface area contributed by atoms with Crippen molar-refractivity contribution in [1.82, 2.24) is 14.5 Å². The average Bonchev–Trinajstić information content (AvgIpc) is 2.98. The number of nitrogens with one attached hydrogen (secondary N) is 1. The van der Waals surface area contributed by atoms with Crippen LogP contribution in [0.2, 0.25) is 10.0 Å². The maximum Gasteiger partial charge on any atom is 0.269 e. The minimum absolute atomic E-state index is 0.00168. The van der Waals surface area contributed by atoms with Crippen LogP contribution < -0.4 is 5.32 Å². The molecule has 3 rings (SSSR count). The van der Waals surface area contributed by atoms with Crippen molar-refractivity contribution < 1.29 is 22.8 Å². The van der Waals surface area contributed by atoms with Crippen molar-refractivity contribution in [2.75, 3.05) is 13.6 Å². The quantitative estimate of drug-likeness (QED) is 0.586. The maximum absolute atomic E-state index is 13.1. The van der Waals surface area contributed by atoms with Gasteiger partial charge in [0.15, 0.2) is 0 Å². The normalized spacial score (nSPS) is 15.2. The molecule has 0 saturated carbocycles. The number of rotatable bonds is 8. The summed E-state index contributed by atoms with van der Waals surface area (Å²) in [6.07, 6.45) is 0.00403. The molecule has 1 aliphatic rings. The standard InChI is InChI=1S/C22H23Cl2N3O5S/c1-14(21(29)25-2)26(13-16-17(23)8-5-9-18(16)24)20(28)11-6-12-27-22(30)15-7-3-4-10-19(15)33(27,31)32/h3-5,7-10,14H,6,11-13H2,1-2H3,(H,25,29)/t14-/m0/s1. The molecule has 2 aromatic carbocycles. The number of sulfonamides is 1. The molecule has 33 heavy (non-hydrogen) atoms. The molecular weight excluding hydrogens is 489 g/mol. The minimum Gasteiger partial charge on any atom is -0.357 e. The van der Waals surface area contributed by atoms with Gasteiger partial charge in [-0.2, -0.15) is 0 Å². The Balaban J connectivity index is 1.74. The number of halogens is 2. The van der Waals surface area contributed by atoms with Crippen LogP contribution in [0.25, 0.3) is 0 Å². The van der Waals surface area contributed by atoms with E-state index in [1.807, 2.05) is 0 Å². The van der Waals surface area contributed by atoms with Gasteiger partial charge < -0.3 is 10.2 Å². The summed E-state index contributed by atoms with van der Waals surface area (Å²) >= 11 is 12.5. The Labute approximate surface area is 202 Å².